The average molecular weight is 310 g/mol. The summed E-state index contributed by atoms with van der Waals surface area (Å²) in [6.07, 6.45) is 0. The van der Waals surface area contributed by atoms with Crippen LogP contribution in [0.5, 0.6) is 0 Å². The summed E-state index contributed by atoms with van der Waals surface area (Å²) in [6.45, 7) is 2.78. The lowest BCUT2D eigenvalue weighted by molar-refractivity contribution is -0.127. The first-order valence-electron chi connectivity index (χ1n) is 7.34. The van der Waals surface area contributed by atoms with E-state index < -0.39 is 0 Å². The van der Waals surface area contributed by atoms with Gasteiger partial charge in [-0.15, -0.1) is 0 Å². The minimum atomic E-state index is -0.269. The fourth-order valence-electron chi connectivity index (χ4n) is 2.59. The van der Waals surface area contributed by atoms with E-state index in [-0.39, 0.29) is 31.7 Å². The Morgan fingerprint density at radius 1 is 1.17 bits per heavy atom. The van der Waals surface area contributed by atoms with Crippen LogP contribution in [0.1, 0.15) is 23.3 Å². The van der Waals surface area contributed by atoms with Crippen molar-refractivity contribution in [2.75, 3.05) is 18.0 Å². The molecule has 2 aromatic carbocycles. The summed E-state index contributed by atoms with van der Waals surface area (Å²) in [7, 11) is 0. The number of hydrogen-bond donors (Lipinski definition) is 1. The van der Waals surface area contributed by atoms with E-state index in [1.165, 1.54) is 0 Å². The van der Waals surface area contributed by atoms with Crippen molar-refractivity contribution >= 4 is 17.4 Å². The summed E-state index contributed by atoms with van der Waals surface area (Å²) in [5.41, 5.74) is 2.68. The number of rotatable bonds is 5. The molecule has 120 valence electrons. The summed E-state index contributed by atoms with van der Waals surface area (Å²) >= 11 is 0. The molecule has 1 aliphatic heterocycles. The van der Waals surface area contributed by atoms with E-state index in [2.05, 4.69) is 5.32 Å². The second kappa shape index (κ2) is 7.09. The van der Waals surface area contributed by atoms with Gasteiger partial charge >= 0.3 is 0 Å². The van der Waals surface area contributed by atoms with Gasteiger partial charge in [0.1, 0.15) is 6.04 Å². The molecule has 1 atom stereocenters. The molecule has 1 amide bonds. The molecule has 3 rings (SSSR count). The van der Waals surface area contributed by atoms with Gasteiger partial charge in [0.25, 0.3) is 0 Å². The standard InChI is InChI=1S/C18H18N2O2.CH4/c1-13-6-5-9-15(10-13)20(16-11-19-18(16)22)12-17(21)14-7-3-2-4-8-14;/h2-10,16H,11-12H2,1H3,(H,19,22);1H4. The molecular formula is C19H22N2O2. The number of amides is 1. The van der Waals surface area contributed by atoms with Crippen molar-refractivity contribution in [3.05, 3.63) is 65.7 Å². The lowest BCUT2D eigenvalue weighted by Crippen LogP contribution is -2.63. The first kappa shape index (κ1) is 16.7. The topological polar surface area (TPSA) is 49.4 Å². The zero-order valence-corrected chi connectivity index (χ0v) is 12.5. The van der Waals surface area contributed by atoms with Crippen molar-refractivity contribution in [3.8, 4) is 0 Å². The third-order valence-electron chi connectivity index (χ3n) is 3.89. The summed E-state index contributed by atoms with van der Waals surface area (Å²) in [5, 5.41) is 2.74. The number of Topliss-reactive ketones (excluding diaryl/α,β-unsaturated/α-hetero) is 1. The molecular weight excluding hydrogens is 288 g/mol. The Balaban J connectivity index is 0.00000192. The number of nitrogens with one attached hydrogen (secondary N) is 1. The monoisotopic (exact) mass is 310 g/mol. The molecule has 1 aliphatic rings. The van der Waals surface area contributed by atoms with Gasteiger partial charge in [0, 0.05) is 17.8 Å². The molecule has 0 aliphatic carbocycles. The van der Waals surface area contributed by atoms with Gasteiger partial charge in [0.05, 0.1) is 6.54 Å². The van der Waals surface area contributed by atoms with Crippen LogP contribution in [0.25, 0.3) is 0 Å². The lowest BCUT2D eigenvalue weighted by atomic mass is 10.0. The molecule has 1 unspecified atom stereocenters. The van der Waals surface area contributed by atoms with Crippen LogP contribution in [0.4, 0.5) is 5.69 Å². The zero-order chi connectivity index (χ0) is 15.5. The molecule has 0 spiro atoms. The third kappa shape index (κ3) is 3.59. The highest BCUT2D eigenvalue weighted by Crippen LogP contribution is 2.21. The van der Waals surface area contributed by atoms with Crippen LogP contribution < -0.4 is 10.2 Å². The number of carbonyl (C=O) groups excluding carboxylic acids is 2. The minimum absolute atomic E-state index is 0. The van der Waals surface area contributed by atoms with Crippen LogP contribution in [-0.2, 0) is 4.79 Å². The Morgan fingerprint density at radius 2 is 1.91 bits per heavy atom. The van der Waals surface area contributed by atoms with E-state index in [9.17, 15) is 9.59 Å². The number of benzene rings is 2. The summed E-state index contributed by atoms with van der Waals surface area (Å²) in [4.78, 5) is 26.2. The molecule has 1 N–H and O–H groups in total. The van der Waals surface area contributed by atoms with Crippen molar-refractivity contribution in [2.45, 2.75) is 20.4 Å². The van der Waals surface area contributed by atoms with Crippen LogP contribution in [-0.4, -0.2) is 30.8 Å². The maximum atomic E-state index is 12.5. The second-order valence-electron chi connectivity index (χ2n) is 5.52. The molecule has 0 radical (unpaired) electrons. The van der Waals surface area contributed by atoms with Crippen LogP contribution in [0, 0.1) is 6.92 Å². The number of hydrogen-bond acceptors (Lipinski definition) is 3. The van der Waals surface area contributed by atoms with Crippen LogP contribution in [0.15, 0.2) is 54.6 Å². The van der Waals surface area contributed by atoms with E-state index >= 15 is 0 Å². The number of anilines is 1. The van der Waals surface area contributed by atoms with Crippen molar-refractivity contribution < 1.29 is 9.59 Å². The van der Waals surface area contributed by atoms with Gasteiger partial charge in [-0.3, -0.25) is 9.59 Å². The van der Waals surface area contributed by atoms with Gasteiger partial charge in [-0.1, -0.05) is 49.9 Å². The fraction of sp³-hybridized carbons (Fsp3) is 0.263. The van der Waals surface area contributed by atoms with Gasteiger partial charge < -0.3 is 10.2 Å². The number of nitrogens with zero attached hydrogens (tertiary/aromatic N) is 1. The molecule has 1 saturated heterocycles. The van der Waals surface area contributed by atoms with Gasteiger partial charge in [-0.05, 0) is 24.6 Å². The Hall–Kier alpha value is -2.62. The predicted octanol–water partition coefficient (Wildman–Crippen LogP) is 2.82. The maximum absolute atomic E-state index is 12.5. The Labute approximate surface area is 137 Å². The smallest absolute Gasteiger partial charge is 0.244 e. The molecule has 1 heterocycles. The molecule has 2 aromatic rings. The lowest BCUT2D eigenvalue weighted by Gasteiger charge is -2.38. The minimum Gasteiger partial charge on any atom is -0.352 e. The highest BCUT2D eigenvalue weighted by atomic mass is 16.2. The molecule has 0 aromatic heterocycles. The normalized spacial score (nSPS) is 15.9. The maximum Gasteiger partial charge on any atom is 0.244 e. The van der Waals surface area contributed by atoms with E-state index in [0.29, 0.717) is 12.1 Å². The van der Waals surface area contributed by atoms with Crippen LogP contribution in [0.3, 0.4) is 0 Å². The average Bonchev–Trinajstić information content (AvgIpc) is 2.53. The van der Waals surface area contributed by atoms with Crippen molar-refractivity contribution in [3.63, 3.8) is 0 Å². The number of β-lactam (4-membered cyclic amide) rings is 1. The van der Waals surface area contributed by atoms with Gasteiger partial charge in [0.2, 0.25) is 5.91 Å². The molecule has 1 fully saturated rings. The van der Waals surface area contributed by atoms with Crippen LogP contribution in [0.2, 0.25) is 0 Å². The van der Waals surface area contributed by atoms with Crippen LogP contribution >= 0.6 is 0 Å². The van der Waals surface area contributed by atoms with Crippen molar-refractivity contribution in [2.24, 2.45) is 0 Å². The Bertz CT molecular complexity index is 698. The van der Waals surface area contributed by atoms with Gasteiger partial charge in [-0.2, -0.15) is 0 Å². The van der Waals surface area contributed by atoms with Gasteiger partial charge in [0.15, 0.2) is 5.78 Å². The second-order valence-corrected chi connectivity index (χ2v) is 5.52. The van der Waals surface area contributed by atoms with Crippen molar-refractivity contribution in [1.82, 2.24) is 5.32 Å². The Morgan fingerprint density at radius 3 is 2.48 bits per heavy atom. The fourth-order valence-corrected chi connectivity index (χ4v) is 2.59. The molecule has 0 saturated carbocycles. The first-order chi connectivity index (χ1) is 10.6. The molecule has 4 nitrogen and oxygen atoms in total. The summed E-state index contributed by atoms with van der Waals surface area (Å²) in [6, 6.07) is 16.8. The molecule has 4 heteroatoms. The number of ketones is 1. The number of aryl methyl sites for hydroxylation is 1. The highest BCUT2D eigenvalue weighted by molar-refractivity contribution is 6.01. The molecule has 23 heavy (non-hydrogen) atoms. The van der Waals surface area contributed by atoms with Crippen molar-refractivity contribution in [1.29, 1.82) is 0 Å². The highest BCUT2D eigenvalue weighted by Gasteiger charge is 2.34. The zero-order valence-electron chi connectivity index (χ0n) is 12.5. The van der Waals surface area contributed by atoms with Gasteiger partial charge in [-0.25, -0.2) is 0 Å². The predicted molar refractivity (Wildman–Crippen MR) is 92.8 cm³/mol. The quantitative estimate of drug-likeness (QED) is 0.682. The largest absolute Gasteiger partial charge is 0.352 e. The third-order valence-corrected chi connectivity index (χ3v) is 3.89. The number of carbonyl (C=O) groups is 2. The summed E-state index contributed by atoms with van der Waals surface area (Å²) in [5.74, 6) is -0.0100. The SMILES string of the molecule is C.Cc1cccc(N(CC(=O)c2ccccc2)C2CNC2=O)c1. The van der Waals surface area contributed by atoms with E-state index in [0.717, 1.165) is 11.3 Å². The summed E-state index contributed by atoms with van der Waals surface area (Å²) < 4.78 is 0. The van der Waals surface area contributed by atoms with E-state index in [4.69, 9.17) is 0 Å². The first-order valence-corrected chi connectivity index (χ1v) is 7.34. The molecule has 0 bridgehead atoms. The van der Waals surface area contributed by atoms with E-state index in [1.54, 1.807) is 12.1 Å². The van der Waals surface area contributed by atoms with E-state index in [1.807, 2.05) is 54.3 Å². The Kier molecular flexibility index (Phi) is 5.16.